The summed E-state index contributed by atoms with van der Waals surface area (Å²) in [6.45, 7) is 2.00. The minimum Gasteiger partial charge on any atom is -0.497 e. The quantitative estimate of drug-likeness (QED) is 0.848. The molecule has 2 rings (SSSR count). The number of carbonyl (C=O) groups excluding carboxylic acids is 1. The van der Waals surface area contributed by atoms with Crippen LogP contribution in [0.5, 0.6) is 11.5 Å². The van der Waals surface area contributed by atoms with Gasteiger partial charge in [0.25, 0.3) is 0 Å². The molecule has 1 amide bonds. The maximum Gasteiger partial charge on any atom is 0.223 e. The molecule has 122 valence electrons. The molecule has 0 saturated carbocycles. The highest BCUT2D eigenvalue weighted by Gasteiger charge is 2.39. The highest BCUT2D eigenvalue weighted by molar-refractivity contribution is 7.91. The number of carbonyl (C=O) groups is 1. The third kappa shape index (κ3) is 4.62. The van der Waals surface area contributed by atoms with Crippen LogP contribution >= 0.6 is 0 Å². The van der Waals surface area contributed by atoms with Gasteiger partial charge in [0, 0.05) is 0 Å². The third-order valence-corrected chi connectivity index (χ3v) is 5.50. The minimum atomic E-state index is -3.03. The summed E-state index contributed by atoms with van der Waals surface area (Å²) in [5.41, 5.74) is -0.657. The second kappa shape index (κ2) is 6.56. The summed E-state index contributed by atoms with van der Waals surface area (Å²) in [4.78, 5) is 11.9. The van der Waals surface area contributed by atoms with Crippen LogP contribution in [-0.2, 0) is 14.6 Å². The van der Waals surface area contributed by atoms with Crippen LogP contribution in [0.15, 0.2) is 24.3 Å². The topological polar surface area (TPSA) is 81.7 Å². The molecule has 1 heterocycles. The zero-order chi connectivity index (χ0) is 16.2. The molecule has 1 N–H and O–H groups in total. The van der Waals surface area contributed by atoms with E-state index in [2.05, 4.69) is 5.32 Å². The summed E-state index contributed by atoms with van der Waals surface area (Å²) >= 11 is 0. The van der Waals surface area contributed by atoms with Crippen LogP contribution in [0.3, 0.4) is 0 Å². The van der Waals surface area contributed by atoms with Crippen molar-refractivity contribution >= 4 is 15.7 Å². The van der Waals surface area contributed by atoms with Crippen molar-refractivity contribution < 1.29 is 22.7 Å². The van der Waals surface area contributed by atoms with E-state index < -0.39 is 15.4 Å². The summed E-state index contributed by atoms with van der Waals surface area (Å²) in [5.74, 6) is 1.33. The zero-order valence-electron chi connectivity index (χ0n) is 12.8. The van der Waals surface area contributed by atoms with Crippen molar-refractivity contribution in [2.24, 2.45) is 0 Å². The number of hydrogen-bond donors (Lipinski definition) is 1. The Morgan fingerprint density at radius 2 is 1.91 bits per heavy atom. The number of rotatable bonds is 6. The molecule has 1 unspecified atom stereocenters. The van der Waals surface area contributed by atoms with E-state index in [1.165, 1.54) is 0 Å². The van der Waals surface area contributed by atoms with Gasteiger partial charge >= 0.3 is 0 Å². The molecule has 0 radical (unpaired) electrons. The van der Waals surface area contributed by atoms with Crippen LogP contribution in [0.2, 0.25) is 0 Å². The predicted octanol–water partition coefficient (Wildman–Crippen LogP) is 1.16. The van der Waals surface area contributed by atoms with Crippen LogP contribution in [0.4, 0.5) is 0 Å². The Kier molecular flexibility index (Phi) is 4.95. The van der Waals surface area contributed by atoms with E-state index in [1.807, 2.05) is 0 Å². The molecule has 6 nitrogen and oxygen atoms in total. The van der Waals surface area contributed by atoms with Gasteiger partial charge in [0.1, 0.15) is 11.5 Å². The molecule has 0 aromatic heterocycles. The summed E-state index contributed by atoms with van der Waals surface area (Å²) in [6, 6.07) is 7.09. The number of hydrogen-bond acceptors (Lipinski definition) is 5. The fraction of sp³-hybridized carbons (Fsp3) is 0.533. The average molecular weight is 327 g/mol. The number of nitrogens with one attached hydrogen (secondary N) is 1. The molecular weight excluding hydrogens is 306 g/mol. The van der Waals surface area contributed by atoms with Gasteiger partial charge in [0.05, 0.1) is 37.2 Å². The summed E-state index contributed by atoms with van der Waals surface area (Å²) in [6.07, 6.45) is 0.641. The Balaban J connectivity index is 1.76. The molecule has 1 aromatic rings. The largest absolute Gasteiger partial charge is 0.497 e. The van der Waals surface area contributed by atoms with Crippen LogP contribution < -0.4 is 14.8 Å². The van der Waals surface area contributed by atoms with Gasteiger partial charge in [-0.1, -0.05) is 0 Å². The monoisotopic (exact) mass is 327 g/mol. The first-order chi connectivity index (χ1) is 10.3. The molecule has 1 fully saturated rings. The molecule has 1 aliphatic heterocycles. The van der Waals surface area contributed by atoms with Crippen LogP contribution in [0.1, 0.15) is 19.8 Å². The fourth-order valence-electron chi connectivity index (χ4n) is 2.44. The van der Waals surface area contributed by atoms with Crippen molar-refractivity contribution in [2.45, 2.75) is 25.3 Å². The lowest BCUT2D eigenvalue weighted by Gasteiger charge is -2.23. The average Bonchev–Trinajstić information content (AvgIpc) is 2.73. The van der Waals surface area contributed by atoms with Gasteiger partial charge in [0.15, 0.2) is 9.84 Å². The number of sulfone groups is 1. The highest BCUT2D eigenvalue weighted by atomic mass is 32.2. The Hall–Kier alpha value is -1.76. The fourth-order valence-corrected chi connectivity index (χ4v) is 4.53. The molecular formula is C15H21NO5S. The van der Waals surface area contributed by atoms with E-state index in [-0.39, 0.29) is 30.4 Å². The van der Waals surface area contributed by atoms with Gasteiger partial charge < -0.3 is 14.8 Å². The molecule has 0 bridgehead atoms. The molecule has 1 aromatic carbocycles. The van der Waals surface area contributed by atoms with Gasteiger partial charge in [0.2, 0.25) is 5.91 Å². The Morgan fingerprint density at radius 1 is 1.27 bits per heavy atom. The lowest BCUT2D eigenvalue weighted by molar-refractivity contribution is -0.123. The molecule has 1 saturated heterocycles. The molecule has 7 heteroatoms. The smallest absolute Gasteiger partial charge is 0.223 e. The van der Waals surface area contributed by atoms with Crippen molar-refractivity contribution in [3.63, 3.8) is 0 Å². The third-order valence-electron chi connectivity index (χ3n) is 3.60. The first-order valence-electron chi connectivity index (χ1n) is 7.10. The van der Waals surface area contributed by atoms with Gasteiger partial charge in [-0.2, -0.15) is 0 Å². The van der Waals surface area contributed by atoms with E-state index in [0.717, 1.165) is 5.75 Å². The van der Waals surface area contributed by atoms with Crippen LogP contribution in [0.25, 0.3) is 0 Å². The van der Waals surface area contributed by atoms with Crippen LogP contribution in [-0.4, -0.2) is 45.1 Å². The van der Waals surface area contributed by atoms with Crippen molar-refractivity contribution in [3.05, 3.63) is 24.3 Å². The van der Waals surface area contributed by atoms with Crippen LogP contribution in [0, 0.1) is 0 Å². The van der Waals surface area contributed by atoms with E-state index >= 15 is 0 Å². The van der Waals surface area contributed by atoms with Gasteiger partial charge in [-0.05, 0) is 37.6 Å². The van der Waals surface area contributed by atoms with E-state index in [0.29, 0.717) is 12.2 Å². The standard InChI is InChI=1S/C15H21NO5S/c1-15(8-10-22(18,19)11-15)16-14(17)7-9-21-13-5-3-12(20-2)4-6-13/h3-6H,7-11H2,1-2H3,(H,16,17). The summed E-state index contributed by atoms with van der Waals surface area (Å²) in [5, 5.41) is 2.80. The molecule has 0 aliphatic carbocycles. The van der Waals surface area contributed by atoms with E-state index in [9.17, 15) is 13.2 Å². The second-order valence-corrected chi connectivity index (χ2v) is 7.91. The molecule has 1 aliphatic rings. The number of amides is 1. The number of ether oxygens (including phenoxy) is 2. The van der Waals surface area contributed by atoms with Gasteiger partial charge in [-0.15, -0.1) is 0 Å². The van der Waals surface area contributed by atoms with Crippen molar-refractivity contribution in [3.8, 4) is 11.5 Å². The van der Waals surface area contributed by atoms with Crippen molar-refractivity contribution in [2.75, 3.05) is 25.2 Å². The highest BCUT2D eigenvalue weighted by Crippen LogP contribution is 2.23. The molecule has 0 spiro atoms. The Labute approximate surface area is 130 Å². The van der Waals surface area contributed by atoms with Gasteiger partial charge in [-0.3, -0.25) is 4.79 Å². The summed E-state index contributed by atoms with van der Waals surface area (Å²) in [7, 11) is -1.44. The lowest BCUT2D eigenvalue weighted by Crippen LogP contribution is -2.47. The molecule has 1 atom stereocenters. The lowest BCUT2D eigenvalue weighted by atomic mass is 10.0. The zero-order valence-corrected chi connectivity index (χ0v) is 13.6. The Morgan fingerprint density at radius 3 is 2.45 bits per heavy atom. The first-order valence-corrected chi connectivity index (χ1v) is 8.92. The van der Waals surface area contributed by atoms with Gasteiger partial charge in [-0.25, -0.2) is 8.42 Å². The van der Waals surface area contributed by atoms with Crippen molar-refractivity contribution in [1.82, 2.24) is 5.32 Å². The minimum absolute atomic E-state index is 0.00504. The van der Waals surface area contributed by atoms with E-state index in [1.54, 1.807) is 38.3 Å². The number of benzene rings is 1. The normalized spacial score (nSPS) is 23.0. The molecule has 22 heavy (non-hydrogen) atoms. The second-order valence-electron chi connectivity index (χ2n) is 5.72. The number of methoxy groups -OCH3 is 1. The van der Waals surface area contributed by atoms with Crippen molar-refractivity contribution in [1.29, 1.82) is 0 Å². The van der Waals surface area contributed by atoms with E-state index in [4.69, 9.17) is 9.47 Å². The SMILES string of the molecule is COc1ccc(OCCC(=O)NC2(C)CCS(=O)(=O)C2)cc1. The maximum absolute atomic E-state index is 11.9. The Bertz CT molecular complexity index is 626. The first kappa shape index (κ1) is 16.6. The maximum atomic E-state index is 11.9. The summed E-state index contributed by atoms with van der Waals surface area (Å²) < 4.78 is 33.5. The predicted molar refractivity (Wildman–Crippen MR) is 82.9 cm³/mol.